The second-order valence-corrected chi connectivity index (χ2v) is 4.57. The van der Waals surface area contributed by atoms with Gasteiger partial charge < -0.3 is 9.57 Å². The first-order valence-electron chi connectivity index (χ1n) is 6.36. The fraction of sp³-hybridized carbons (Fsp3) is 0.333. The van der Waals surface area contributed by atoms with Crippen LogP contribution in [0.3, 0.4) is 0 Å². The molecule has 0 N–H and O–H groups in total. The van der Waals surface area contributed by atoms with E-state index in [1.54, 1.807) is 7.11 Å². The van der Waals surface area contributed by atoms with E-state index in [4.69, 9.17) is 9.57 Å². The molecule has 0 atom stereocenters. The number of ether oxygens (including phenoxy) is 1. The maximum absolute atomic E-state index is 5.95. The average molecular weight is 243 g/mol. The summed E-state index contributed by atoms with van der Waals surface area (Å²) in [6, 6.07) is 12.2. The van der Waals surface area contributed by atoms with E-state index >= 15 is 0 Å². The monoisotopic (exact) mass is 243 g/mol. The molecule has 2 aromatic rings. The molecule has 0 amide bonds. The summed E-state index contributed by atoms with van der Waals surface area (Å²) in [5, 5.41) is 4.31. The minimum atomic E-state index is 0.876. The molecule has 1 saturated heterocycles. The van der Waals surface area contributed by atoms with Crippen LogP contribution in [0.2, 0.25) is 0 Å². The van der Waals surface area contributed by atoms with Crippen LogP contribution in [0, 0.1) is 0 Å². The molecule has 1 heterocycles. The summed E-state index contributed by atoms with van der Waals surface area (Å²) < 4.78 is 5.24. The van der Waals surface area contributed by atoms with Gasteiger partial charge in [0.15, 0.2) is 5.75 Å². The molecule has 0 bridgehead atoms. The molecular formula is C15H17NO2. The number of benzene rings is 2. The third-order valence-electron chi connectivity index (χ3n) is 3.34. The highest BCUT2D eigenvalue weighted by molar-refractivity contribution is 5.89. The predicted octanol–water partition coefficient (Wildman–Crippen LogP) is 3.24. The summed E-state index contributed by atoms with van der Waals surface area (Å²) in [6.07, 6.45) is 2.44. The highest BCUT2D eigenvalue weighted by Crippen LogP contribution is 2.29. The molecule has 18 heavy (non-hydrogen) atoms. The van der Waals surface area contributed by atoms with Crippen molar-refractivity contribution in [3.63, 3.8) is 0 Å². The molecule has 0 spiro atoms. The molecule has 0 radical (unpaired) electrons. The third-order valence-corrected chi connectivity index (χ3v) is 3.34. The Labute approximate surface area is 107 Å². The second kappa shape index (κ2) is 4.86. The fourth-order valence-electron chi connectivity index (χ4n) is 2.36. The lowest BCUT2D eigenvalue weighted by Crippen LogP contribution is -2.23. The van der Waals surface area contributed by atoms with E-state index in [9.17, 15) is 0 Å². The molecular weight excluding hydrogens is 226 g/mol. The highest BCUT2D eigenvalue weighted by atomic mass is 16.7. The standard InChI is InChI=1S/C15H17NO2/c1-17-13-7-8-14-12(11-13)5-4-6-15(14)18-16-9-2-3-10-16/h4-8,11H,2-3,9-10H2,1H3. The largest absolute Gasteiger partial charge is 0.497 e. The van der Waals surface area contributed by atoms with Gasteiger partial charge in [0.2, 0.25) is 0 Å². The van der Waals surface area contributed by atoms with Gasteiger partial charge in [0, 0.05) is 18.5 Å². The smallest absolute Gasteiger partial charge is 0.155 e. The number of hydrogen-bond donors (Lipinski definition) is 0. The molecule has 1 fully saturated rings. The van der Waals surface area contributed by atoms with Crippen molar-refractivity contribution in [1.29, 1.82) is 0 Å². The van der Waals surface area contributed by atoms with Crippen molar-refractivity contribution in [2.24, 2.45) is 0 Å². The van der Waals surface area contributed by atoms with Crippen LogP contribution in [-0.2, 0) is 0 Å². The lowest BCUT2D eigenvalue weighted by molar-refractivity contribution is -0.0330. The first-order valence-corrected chi connectivity index (χ1v) is 6.36. The van der Waals surface area contributed by atoms with Crippen LogP contribution in [-0.4, -0.2) is 25.3 Å². The molecule has 1 aliphatic heterocycles. The Morgan fingerprint density at radius 2 is 1.89 bits per heavy atom. The van der Waals surface area contributed by atoms with Crippen LogP contribution in [0.25, 0.3) is 10.8 Å². The van der Waals surface area contributed by atoms with Crippen molar-refractivity contribution >= 4 is 10.8 Å². The van der Waals surface area contributed by atoms with E-state index < -0.39 is 0 Å². The van der Waals surface area contributed by atoms with Crippen molar-refractivity contribution in [3.05, 3.63) is 36.4 Å². The zero-order valence-electron chi connectivity index (χ0n) is 10.6. The van der Waals surface area contributed by atoms with E-state index in [0.29, 0.717) is 0 Å². The Morgan fingerprint density at radius 1 is 1.06 bits per heavy atom. The summed E-state index contributed by atoms with van der Waals surface area (Å²) >= 11 is 0. The van der Waals surface area contributed by atoms with Crippen LogP contribution < -0.4 is 9.57 Å². The van der Waals surface area contributed by atoms with E-state index in [1.807, 2.05) is 29.3 Å². The fourth-order valence-corrected chi connectivity index (χ4v) is 2.36. The van der Waals surface area contributed by atoms with E-state index in [2.05, 4.69) is 12.1 Å². The van der Waals surface area contributed by atoms with Gasteiger partial charge in [-0.25, -0.2) is 0 Å². The number of methoxy groups -OCH3 is 1. The topological polar surface area (TPSA) is 21.7 Å². The van der Waals surface area contributed by atoms with Gasteiger partial charge in [0.25, 0.3) is 0 Å². The molecule has 3 nitrogen and oxygen atoms in total. The lowest BCUT2D eigenvalue weighted by Gasteiger charge is -2.17. The van der Waals surface area contributed by atoms with Gasteiger partial charge in [-0.1, -0.05) is 12.1 Å². The number of hydrogen-bond acceptors (Lipinski definition) is 3. The summed E-state index contributed by atoms with van der Waals surface area (Å²) in [5.74, 6) is 1.80. The minimum Gasteiger partial charge on any atom is -0.497 e. The first kappa shape index (κ1) is 11.4. The molecule has 2 aromatic carbocycles. The summed E-state index contributed by atoms with van der Waals surface area (Å²) in [5.41, 5.74) is 0. The van der Waals surface area contributed by atoms with Crippen LogP contribution >= 0.6 is 0 Å². The van der Waals surface area contributed by atoms with Gasteiger partial charge in [0.1, 0.15) is 5.75 Å². The second-order valence-electron chi connectivity index (χ2n) is 4.57. The third kappa shape index (κ3) is 2.14. The van der Waals surface area contributed by atoms with Crippen LogP contribution in [0.15, 0.2) is 36.4 Å². The molecule has 0 aromatic heterocycles. The van der Waals surface area contributed by atoms with Gasteiger partial charge in [-0.05, 0) is 42.5 Å². The zero-order valence-corrected chi connectivity index (χ0v) is 10.6. The van der Waals surface area contributed by atoms with Gasteiger partial charge in [0.05, 0.1) is 7.11 Å². The molecule has 94 valence electrons. The van der Waals surface area contributed by atoms with Gasteiger partial charge in [-0.2, -0.15) is 0 Å². The lowest BCUT2D eigenvalue weighted by atomic mass is 10.1. The Balaban J connectivity index is 1.95. The van der Waals surface area contributed by atoms with Gasteiger partial charge >= 0.3 is 0 Å². The minimum absolute atomic E-state index is 0.876. The maximum Gasteiger partial charge on any atom is 0.155 e. The summed E-state index contributed by atoms with van der Waals surface area (Å²) in [7, 11) is 1.69. The first-order chi connectivity index (χ1) is 8.86. The van der Waals surface area contributed by atoms with Gasteiger partial charge in [-0.15, -0.1) is 5.06 Å². The van der Waals surface area contributed by atoms with Crippen LogP contribution in [0.4, 0.5) is 0 Å². The van der Waals surface area contributed by atoms with Crippen molar-refractivity contribution in [3.8, 4) is 11.5 Å². The molecule has 1 aliphatic rings. The van der Waals surface area contributed by atoms with Crippen molar-refractivity contribution < 1.29 is 9.57 Å². The molecule has 0 unspecified atom stereocenters. The van der Waals surface area contributed by atoms with Crippen molar-refractivity contribution in [2.75, 3.05) is 20.2 Å². The molecule has 0 saturated carbocycles. The Hall–Kier alpha value is -1.74. The average Bonchev–Trinajstić information content (AvgIpc) is 2.91. The Bertz CT molecular complexity index is 547. The van der Waals surface area contributed by atoms with E-state index in [0.717, 1.165) is 35.4 Å². The molecule has 3 heteroatoms. The van der Waals surface area contributed by atoms with Crippen molar-refractivity contribution in [1.82, 2.24) is 5.06 Å². The normalized spacial score (nSPS) is 16.1. The SMILES string of the molecule is COc1ccc2c(ON3CCCC3)cccc2c1. The Kier molecular flexibility index (Phi) is 3.07. The van der Waals surface area contributed by atoms with E-state index in [1.165, 1.54) is 12.8 Å². The maximum atomic E-state index is 5.95. The van der Waals surface area contributed by atoms with E-state index in [-0.39, 0.29) is 0 Å². The summed E-state index contributed by atoms with van der Waals surface area (Å²) in [6.45, 7) is 2.04. The number of fused-ring (bicyclic) bond motifs is 1. The van der Waals surface area contributed by atoms with Gasteiger partial charge in [-0.3, -0.25) is 0 Å². The van der Waals surface area contributed by atoms with Crippen LogP contribution in [0.5, 0.6) is 11.5 Å². The quantitative estimate of drug-likeness (QED) is 0.826. The number of hydroxylamine groups is 2. The zero-order chi connectivity index (χ0) is 12.4. The predicted molar refractivity (Wildman–Crippen MR) is 71.9 cm³/mol. The Morgan fingerprint density at radius 3 is 2.67 bits per heavy atom. The molecule has 3 rings (SSSR count). The number of nitrogens with zero attached hydrogens (tertiary/aromatic N) is 1. The van der Waals surface area contributed by atoms with Crippen molar-refractivity contribution in [2.45, 2.75) is 12.8 Å². The summed E-state index contributed by atoms with van der Waals surface area (Å²) in [4.78, 5) is 5.95. The molecule has 0 aliphatic carbocycles. The highest BCUT2D eigenvalue weighted by Gasteiger charge is 2.14. The van der Waals surface area contributed by atoms with Crippen LogP contribution in [0.1, 0.15) is 12.8 Å². The number of rotatable bonds is 3.